The number of hydrogen-bond donors (Lipinski definition) is 3. The van der Waals surface area contributed by atoms with Gasteiger partial charge in [0.25, 0.3) is 6.01 Å². The summed E-state index contributed by atoms with van der Waals surface area (Å²) < 4.78 is 11.6. The molecule has 8 heteroatoms. The van der Waals surface area contributed by atoms with Crippen LogP contribution in [0.2, 0.25) is 5.02 Å². The monoisotopic (exact) mass is 479 g/mol. The van der Waals surface area contributed by atoms with Gasteiger partial charge in [-0.3, -0.25) is 0 Å². The number of benzene rings is 2. The van der Waals surface area contributed by atoms with Gasteiger partial charge in [0.2, 0.25) is 0 Å². The highest BCUT2D eigenvalue weighted by atomic mass is 35.5. The molecule has 2 aromatic carbocycles. The normalized spacial score (nSPS) is 21.0. The van der Waals surface area contributed by atoms with E-state index in [2.05, 4.69) is 27.1 Å². The highest BCUT2D eigenvalue weighted by molar-refractivity contribution is 6.33. The number of pyridine rings is 1. The minimum atomic E-state index is -1.14. The zero-order valence-corrected chi connectivity index (χ0v) is 19.7. The second kappa shape index (κ2) is 9.00. The Bertz CT molecular complexity index is 1290. The minimum absolute atomic E-state index is 0.232. The fourth-order valence-electron chi connectivity index (χ4n) is 4.30. The van der Waals surface area contributed by atoms with Crippen molar-refractivity contribution in [3.63, 3.8) is 0 Å². The molecule has 176 valence electrons. The third-order valence-corrected chi connectivity index (χ3v) is 6.25. The van der Waals surface area contributed by atoms with E-state index in [9.17, 15) is 10.2 Å². The van der Waals surface area contributed by atoms with E-state index >= 15 is 0 Å². The number of ether oxygens (including phenoxy) is 2. The molecule has 1 saturated heterocycles. The van der Waals surface area contributed by atoms with Crippen molar-refractivity contribution in [2.24, 2.45) is 0 Å². The zero-order chi connectivity index (χ0) is 23.9. The van der Waals surface area contributed by atoms with Crippen LogP contribution in [0.15, 0.2) is 60.7 Å². The van der Waals surface area contributed by atoms with Gasteiger partial charge in [0.15, 0.2) is 5.65 Å². The number of aromatic nitrogens is 3. The van der Waals surface area contributed by atoms with Crippen molar-refractivity contribution in [2.75, 3.05) is 6.61 Å². The van der Waals surface area contributed by atoms with Gasteiger partial charge in [0, 0.05) is 12.0 Å². The third kappa shape index (κ3) is 4.65. The maximum absolute atomic E-state index is 10.4. The maximum atomic E-state index is 10.4. The number of fused-ring (bicyclic) bond motifs is 1. The van der Waals surface area contributed by atoms with E-state index in [0.717, 1.165) is 16.7 Å². The lowest BCUT2D eigenvalue weighted by molar-refractivity contribution is -0.183. The van der Waals surface area contributed by atoms with Gasteiger partial charge in [-0.15, -0.1) is 0 Å². The fraction of sp³-hybridized carbons (Fsp3) is 0.308. The molecule has 0 spiro atoms. The smallest absolute Gasteiger partial charge is 0.296 e. The molecule has 7 nitrogen and oxygen atoms in total. The van der Waals surface area contributed by atoms with Crippen LogP contribution in [0.25, 0.3) is 33.5 Å². The third-order valence-electron chi connectivity index (χ3n) is 5.96. The summed E-state index contributed by atoms with van der Waals surface area (Å²) >= 11 is 6.55. The van der Waals surface area contributed by atoms with Crippen LogP contribution < -0.4 is 4.74 Å². The average Bonchev–Trinajstić information content (AvgIpc) is 3.19. The summed E-state index contributed by atoms with van der Waals surface area (Å²) in [5, 5.41) is 21.0. The first-order valence-electron chi connectivity index (χ1n) is 11.2. The zero-order valence-electron chi connectivity index (χ0n) is 18.9. The van der Waals surface area contributed by atoms with Crippen LogP contribution in [-0.4, -0.2) is 55.7 Å². The molecule has 0 amide bonds. The van der Waals surface area contributed by atoms with Gasteiger partial charge >= 0.3 is 0 Å². The molecule has 0 aliphatic carbocycles. The van der Waals surface area contributed by atoms with E-state index < -0.39 is 23.9 Å². The van der Waals surface area contributed by atoms with Crippen LogP contribution in [0.1, 0.15) is 20.3 Å². The molecule has 3 heterocycles. The standard InChI is InChI=1S/C26H26ClN3O4/c1-26(2,32)23-21(31)12-18(14-33-23)34-25-28-20-13-19(27)22(29-24(20)30-25)17-10-8-16(9-11-17)15-6-4-3-5-7-15/h3-11,13,18,21,23,31-32H,12,14H2,1-2H3,(H,28,29,30). The summed E-state index contributed by atoms with van der Waals surface area (Å²) in [4.78, 5) is 12.2. The molecule has 1 aliphatic heterocycles. The number of aliphatic hydroxyl groups is 2. The maximum Gasteiger partial charge on any atom is 0.296 e. The van der Waals surface area contributed by atoms with Gasteiger partial charge in [-0.2, -0.15) is 4.98 Å². The number of nitrogens with one attached hydrogen (secondary N) is 1. The number of rotatable bonds is 5. The summed E-state index contributed by atoms with van der Waals surface area (Å²) in [5.74, 6) is 0. The molecule has 3 atom stereocenters. The number of halogens is 1. The summed E-state index contributed by atoms with van der Waals surface area (Å²) in [7, 11) is 0. The van der Waals surface area contributed by atoms with Gasteiger partial charge in [0.05, 0.1) is 34.5 Å². The van der Waals surface area contributed by atoms with E-state index in [0.29, 0.717) is 28.3 Å². The molecule has 34 heavy (non-hydrogen) atoms. The molecule has 0 saturated carbocycles. The number of aromatic amines is 1. The number of nitrogens with zero attached hydrogens (tertiary/aromatic N) is 2. The van der Waals surface area contributed by atoms with Crippen molar-refractivity contribution in [1.82, 2.24) is 15.0 Å². The predicted molar refractivity (Wildman–Crippen MR) is 131 cm³/mol. The van der Waals surface area contributed by atoms with Crippen LogP contribution in [0.3, 0.4) is 0 Å². The van der Waals surface area contributed by atoms with Crippen molar-refractivity contribution >= 4 is 22.8 Å². The van der Waals surface area contributed by atoms with E-state index in [1.165, 1.54) is 0 Å². The molecular formula is C26H26ClN3O4. The van der Waals surface area contributed by atoms with E-state index in [1.807, 2.05) is 42.5 Å². The van der Waals surface area contributed by atoms with Crippen molar-refractivity contribution in [3.05, 3.63) is 65.7 Å². The first-order chi connectivity index (χ1) is 16.3. The number of H-pyrrole nitrogens is 1. The number of aliphatic hydroxyl groups excluding tert-OH is 1. The average molecular weight is 480 g/mol. The molecule has 4 aromatic rings. The molecule has 0 radical (unpaired) electrons. The first kappa shape index (κ1) is 22.8. The molecule has 5 rings (SSSR count). The highest BCUT2D eigenvalue weighted by Crippen LogP contribution is 2.32. The molecule has 1 fully saturated rings. The lowest BCUT2D eigenvalue weighted by Crippen LogP contribution is -2.53. The summed E-state index contributed by atoms with van der Waals surface area (Å²) in [5.41, 5.74) is 3.77. The molecular weight excluding hydrogens is 454 g/mol. The second-order valence-electron chi connectivity index (χ2n) is 9.13. The Balaban J connectivity index is 1.34. The first-order valence-corrected chi connectivity index (χ1v) is 11.6. The fourth-order valence-corrected chi connectivity index (χ4v) is 4.56. The van der Waals surface area contributed by atoms with E-state index in [4.69, 9.17) is 21.1 Å². The molecule has 3 N–H and O–H groups in total. The van der Waals surface area contributed by atoms with Gasteiger partial charge in [0.1, 0.15) is 12.2 Å². The van der Waals surface area contributed by atoms with Crippen LogP contribution in [-0.2, 0) is 4.74 Å². The summed E-state index contributed by atoms with van der Waals surface area (Å²) in [6.07, 6.45) is -1.60. The minimum Gasteiger partial charge on any atom is -0.459 e. The van der Waals surface area contributed by atoms with Crippen molar-refractivity contribution < 1.29 is 19.7 Å². The Morgan fingerprint density at radius 1 is 1.03 bits per heavy atom. The SMILES string of the molecule is CC(C)(O)C1OCC(Oc2nc3nc(-c4ccc(-c5ccccc5)cc4)c(Cl)cc3[nH]2)CC1O. The molecule has 1 aliphatic rings. The van der Waals surface area contributed by atoms with Gasteiger partial charge in [-0.1, -0.05) is 66.2 Å². The Hall–Kier alpha value is -2.97. The second-order valence-corrected chi connectivity index (χ2v) is 9.53. The van der Waals surface area contributed by atoms with Crippen LogP contribution in [0.5, 0.6) is 6.01 Å². The Morgan fingerprint density at radius 2 is 1.71 bits per heavy atom. The molecule has 2 aromatic heterocycles. The largest absolute Gasteiger partial charge is 0.459 e. The molecule has 0 bridgehead atoms. The lowest BCUT2D eigenvalue weighted by Gasteiger charge is -2.38. The Labute approximate surface area is 202 Å². The Morgan fingerprint density at radius 3 is 2.38 bits per heavy atom. The summed E-state index contributed by atoms with van der Waals surface area (Å²) in [6, 6.07) is 20.3. The van der Waals surface area contributed by atoms with Crippen molar-refractivity contribution in [2.45, 2.75) is 44.2 Å². The van der Waals surface area contributed by atoms with Crippen LogP contribution >= 0.6 is 11.6 Å². The quantitative estimate of drug-likeness (QED) is 0.386. The van der Waals surface area contributed by atoms with Crippen molar-refractivity contribution in [1.29, 1.82) is 0 Å². The summed E-state index contributed by atoms with van der Waals surface area (Å²) in [6.45, 7) is 3.46. The topological polar surface area (TPSA) is 100 Å². The number of imidazole rings is 1. The Kier molecular flexibility index (Phi) is 6.04. The van der Waals surface area contributed by atoms with E-state index in [-0.39, 0.29) is 12.6 Å². The van der Waals surface area contributed by atoms with Crippen LogP contribution in [0.4, 0.5) is 0 Å². The van der Waals surface area contributed by atoms with Crippen LogP contribution in [0, 0.1) is 0 Å². The number of hydrogen-bond acceptors (Lipinski definition) is 6. The predicted octanol–water partition coefficient (Wildman–Crippen LogP) is 4.61. The van der Waals surface area contributed by atoms with Crippen molar-refractivity contribution in [3.8, 4) is 28.4 Å². The van der Waals surface area contributed by atoms with Gasteiger partial charge < -0.3 is 24.7 Å². The van der Waals surface area contributed by atoms with Gasteiger partial charge in [-0.25, -0.2) is 4.98 Å². The highest BCUT2D eigenvalue weighted by Gasteiger charge is 2.40. The lowest BCUT2D eigenvalue weighted by atomic mass is 9.91. The van der Waals surface area contributed by atoms with E-state index in [1.54, 1.807) is 19.9 Å². The molecule has 3 unspecified atom stereocenters. The van der Waals surface area contributed by atoms with Gasteiger partial charge in [-0.05, 0) is 31.0 Å².